The van der Waals surface area contributed by atoms with Crippen molar-refractivity contribution in [2.45, 2.75) is 77.3 Å². The lowest BCUT2D eigenvalue weighted by Crippen LogP contribution is -2.49. The predicted octanol–water partition coefficient (Wildman–Crippen LogP) is 3.74. The lowest BCUT2D eigenvalue weighted by Gasteiger charge is -2.40. The number of H-pyrrole nitrogens is 1. The Morgan fingerprint density at radius 1 is 1.21 bits per heavy atom. The summed E-state index contributed by atoms with van der Waals surface area (Å²) in [5.41, 5.74) is -1.07. The van der Waals surface area contributed by atoms with Crippen LogP contribution in [0.15, 0.2) is 33.7 Å². The third-order valence-corrected chi connectivity index (χ3v) is 13.2. The number of aromatic amines is 1. The summed E-state index contributed by atoms with van der Waals surface area (Å²) in [6.07, 6.45) is 0.708. The molecule has 9 nitrogen and oxygen atoms in total. The normalized spacial score (nSPS) is 24.6. The van der Waals surface area contributed by atoms with E-state index in [0.29, 0.717) is 13.2 Å². The van der Waals surface area contributed by atoms with Crippen molar-refractivity contribution < 1.29 is 22.9 Å². The topological polar surface area (TPSA) is 101 Å². The molecule has 0 aliphatic carbocycles. The maximum atomic E-state index is 12.5. The summed E-state index contributed by atoms with van der Waals surface area (Å²) < 4.78 is 31.6. The van der Waals surface area contributed by atoms with Crippen molar-refractivity contribution in [3.05, 3.63) is 45.0 Å². The largest absolute Gasteiger partial charge is 0.408 e. The average molecular weight is 521 g/mol. The predicted molar refractivity (Wildman–Crippen MR) is 135 cm³/mol. The van der Waals surface area contributed by atoms with E-state index in [1.807, 2.05) is 13.8 Å². The molecular formula is C21H37N2O7PSSi. The van der Waals surface area contributed by atoms with Crippen molar-refractivity contribution in [2.24, 2.45) is 0 Å². The number of hydrogen-bond donors (Lipinski definition) is 1. The molecule has 0 aromatic carbocycles. The van der Waals surface area contributed by atoms with Gasteiger partial charge in [-0.05, 0) is 55.7 Å². The number of hydrogen-bond acceptors (Lipinski definition) is 8. The second-order valence-electron chi connectivity index (χ2n) is 9.27. The standard InChI is InChI=1S/C21H37N2O7PSSi/c1-9-27-31(32,28-10-2)14-12-15-17(30-33(7,8)21(3,4)5)18(26-6)19(29-15)23-13-11-16(24)22-20(23)25/h11-15,17-19H,9-10H2,1-8H3,(H,22,24,25)/b14-12+/t15-,17?,18+,19-/m1/s1. The van der Waals surface area contributed by atoms with Gasteiger partial charge in [0.2, 0.25) is 6.49 Å². The quantitative estimate of drug-likeness (QED) is 0.368. The summed E-state index contributed by atoms with van der Waals surface area (Å²) in [7, 11) is -0.695. The minimum atomic E-state index is -2.65. The molecule has 0 radical (unpaired) electrons. The van der Waals surface area contributed by atoms with Gasteiger partial charge in [0, 0.05) is 19.4 Å². The first kappa shape index (κ1) is 28.3. The summed E-state index contributed by atoms with van der Waals surface area (Å²) in [4.78, 5) is 26.3. The summed E-state index contributed by atoms with van der Waals surface area (Å²) in [6, 6.07) is 1.27. The van der Waals surface area contributed by atoms with Crippen molar-refractivity contribution in [3.63, 3.8) is 0 Å². The summed E-state index contributed by atoms with van der Waals surface area (Å²) >= 11 is 5.62. The number of methoxy groups -OCH3 is 1. The zero-order chi connectivity index (χ0) is 25.0. The number of nitrogens with one attached hydrogen (secondary N) is 1. The Balaban J connectivity index is 2.51. The molecule has 4 atom stereocenters. The number of ether oxygens (including phenoxy) is 2. The number of nitrogens with zero attached hydrogens (tertiary/aromatic N) is 1. The molecule has 1 aliphatic rings. The Morgan fingerprint density at radius 3 is 2.30 bits per heavy atom. The van der Waals surface area contributed by atoms with Gasteiger partial charge in [-0.25, -0.2) is 4.79 Å². The molecule has 1 N–H and O–H groups in total. The molecule has 1 aliphatic heterocycles. The van der Waals surface area contributed by atoms with Gasteiger partial charge >= 0.3 is 5.69 Å². The third kappa shape index (κ3) is 6.82. The highest BCUT2D eigenvalue weighted by molar-refractivity contribution is 8.11. The first-order valence-electron chi connectivity index (χ1n) is 11.0. The van der Waals surface area contributed by atoms with Crippen LogP contribution in [0.1, 0.15) is 40.8 Å². The Morgan fingerprint density at radius 2 is 1.82 bits per heavy atom. The van der Waals surface area contributed by atoms with Crippen molar-refractivity contribution >= 4 is 26.6 Å². The summed E-state index contributed by atoms with van der Waals surface area (Å²) in [5, 5.41) is -0.0577. The van der Waals surface area contributed by atoms with Gasteiger partial charge in [0.1, 0.15) is 18.3 Å². The van der Waals surface area contributed by atoms with E-state index in [-0.39, 0.29) is 5.04 Å². The maximum Gasteiger partial charge on any atom is 0.330 e. The molecule has 0 saturated carbocycles. The molecule has 0 amide bonds. The van der Waals surface area contributed by atoms with E-state index < -0.39 is 50.6 Å². The van der Waals surface area contributed by atoms with Gasteiger partial charge in [0.25, 0.3) is 5.56 Å². The SMILES string of the molecule is CCOP(=S)(/C=C/[C@H]1O[C@@H](n2ccc(=O)[nH]c2=O)[C@@H](OC)C1O[Si](C)(C)C(C)(C)C)OCC. The molecule has 1 aromatic heterocycles. The molecule has 0 bridgehead atoms. The molecule has 1 aromatic rings. The molecule has 33 heavy (non-hydrogen) atoms. The smallest absolute Gasteiger partial charge is 0.330 e. The second-order valence-corrected chi connectivity index (χ2v) is 17.4. The van der Waals surface area contributed by atoms with Crippen molar-refractivity contribution in [2.75, 3.05) is 20.3 Å². The van der Waals surface area contributed by atoms with Crippen LogP contribution < -0.4 is 11.2 Å². The van der Waals surface area contributed by atoms with Gasteiger partial charge in [0.15, 0.2) is 14.5 Å². The monoisotopic (exact) mass is 520 g/mol. The molecule has 188 valence electrons. The van der Waals surface area contributed by atoms with Crippen LogP contribution in [0.2, 0.25) is 18.1 Å². The van der Waals surface area contributed by atoms with E-state index in [9.17, 15) is 9.59 Å². The lowest BCUT2D eigenvalue weighted by molar-refractivity contribution is -0.0482. The van der Waals surface area contributed by atoms with Crippen LogP contribution in [0.3, 0.4) is 0 Å². The van der Waals surface area contributed by atoms with Gasteiger partial charge in [-0.15, -0.1) is 0 Å². The third-order valence-electron chi connectivity index (χ3n) is 5.94. The Labute approximate surface area is 201 Å². The maximum absolute atomic E-state index is 12.5. The van der Waals surface area contributed by atoms with Crippen LogP contribution in [0.5, 0.6) is 0 Å². The fourth-order valence-electron chi connectivity index (χ4n) is 3.25. The Hall–Kier alpha value is -0.913. The van der Waals surface area contributed by atoms with E-state index in [4.69, 9.17) is 34.8 Å². The van der Waals surface area contributed by atoms with Crippen LogP contribution in [-0.2, 0) is 34.8 Å². The average Bonchev–Trinajstić information content (AvgIpc) is 3.02. The fraction of sp³-hybridized carbons (Fsp3) is 0.714. The van der Waals surface area contributed by atoms with Crippen molar-refractivity contribution in [1.29, 1.82) is 0 Å². The van der Waals surface area contributed by atoms with Crippen LogP contribution in [0, 0.1) is 0 Å². The van der Waals surface area contributed by atoms with Gasteiger partial charge in [-0.3, -0.25) is 14.3 Å². The molecule has 12 heteroatoms. The Kier molecular flexibility index (Phi) is 9.63. The van der Waals surface area contributed by atoms with E-state index >= 15 is 0 Å². The summed E-state index contributed by atoms with van der Waals surface area (Å²) in [6.45, 7) is 12.7. The molecule has 2 heterocycles. The number of aromatic nitrogens is 2. The first-order valence-corrected chi connectivity index (χ1v) is 16.7. The highest BCUT2D eigenvalue weighted by Gasteiger charge is 2.50. The van der Waals surface area contributed by atoms with E-state index in [0.717, 1.165) is 0 Å². The van der Waals surface area contributed by atoms with Crippen LogP contribution in [-0.4, -0.2) is 56.5 Å². The minimum Gasteiger partial charge on any atom is -0.408 e. The molecule has 1 fully saturated rings. The van der Waals surface area contributed by atoms with E-state index in [1.165, 1.54) is 16.8 Å². The van der Waals surface area contributed by atoms with Crippen LogP contribution >= 0.6 is 6.49 Å². The van der Waals surface area contributed by atoms with Crippen molar-refractivity contribution in [1.82, 2.24) is 9.55 Å². The van der Waals surface area contributed by atoms with Crippen molar-refractivity contribution in [3.8, 4) is 0 Å². The molecule has 2 rings (SSSR count). The fourth-order valence-corrected chi connectivity index (χ4v) is 6.74. The minimum absolute atomic E-state index is 0.0577. The van der Waals surface area contributed by atoms with E-state index in [2.05, 4.69) is 38.8 Å². The van der Waals surface area contributed by atoms with Gasteiger partial charge in [-0.2, -0.15) is 0 Å². The second kappa shape index (κ2) is 11.2. The van der Waals surface area contributed by atoms with Gasteiger partial charge < -0.3 is 22.9 Å². The van der Waals surface area contributed by atoms with Crippen LogP contribution in [0.4, 0.5) is 0 Å². The van der Waals surface area contributed by atoms with Crippen LogP contribution in [0.25, 0.3) is 0 Å². The Bertz CT molecular complexity index is 978. The zero-order valence-electron chi connectivity index (χ0n) is 20.7. The van der Waals surface area contributed by atoms with Gasteiger partial charge in [0.05, 0.1) is 13.2 Å². The summed E-state index contributed by atoms with van der Waals surface area (Å²) in [5.74, 6) is 1.74. The molecule has 1 saturated heterocycles. The number of rotatable bonds is 10. The van der Waals surface area contributed by atoms with E-state index in [1.54, 1.807) is 19.0 Å². The lowest BCUT2D eigenvalue weighted by atomic mass is 10.1. The molecule has 1 unspecified atom stereocenters. The molecule has 0 spiro atoms. The molecular weight excluding hydrogens is 483 g/mol. The zero-order valence-corrected chi connectivity index (χ0v) is 23.4. The highest BCUT2D eigenvalue weighted by atomic mass is 32.5. The first-order chi connectivity index (χ1) is 15.3. The van der Waals surface area contributed by atoms with Gasteiger partial charge in [-0.1, -0.05) is 20.8 Å². The highest BCUT2D eigenvalue weighted by Crippen LogP contribution is 2.51.